The molecule has 2 rings (SSSR count). The zero-order chi connectivity index (χ0) is 13.7. The number of hydrogen-bond acceptors (Lipinski definition) is 2. The maximum absolute atomic E-state index is 12.3. The zero-order valence-corrected chi connectivity index (χ0v) is 12.4. The number of amides is 1. The SMILES string of the molecule is CC1CCCCC1NC(=O)CC1(CN)CCCCC1. The van der Waals surface area contributed by atoms with Crippen molar-refractivity contribution in [3.63, 3.8) is 0 Å². The molecule has 110 valence electrons. The minimum Gasteiger partial charge on any atom is -0.353 e. The third-order valence-corrected chi connectivity index (χ3v) is 5.34. The summed E-state index contributed by atoms with van der Waals surface area (Å²) in [6, 6.07) is 0.402. The van der Waals surface area contributed by atoms with Gasteiger partial charge in [0, 0.05) is 12.5 Å². The van der Waals surface area contributed by atoms with E-state index in [4.69, 9.17) is 5.73 Å². The fourth-order valence-corrected chi connectivity index (χ4v) is 3.88. The Balaban J connectivity index is 1.85. The van der Waals surface area contributed by atoms with Gasteiger partial charge < -0.3 is 11.1 Å². The molecular weight excluding hydrogens is 236 g/mol. The maximum atomic E-state index is 12.3. The van der Waals surface area contributed by atoms with E-state index < -0.39 is 0 Å². The molecule has 0 aliphatic heterocycles. The van der Waals surface area contributed by atoms with Crippen molar-refractivity contribution in [3.8, 4) is 0 Å². The highest BCUT2D eigenvalue weighted by Gasteiger charge is 2.34. The first-order valence-corrected chi connectivity index (χ1v) is 8.15. The second-order valence-corrected chi connectivity index (χ2v) is 6.88. The molecule has 0 aromatic heterocycles. The first-order valence-electron chi connectivity index (χ1n) is 8.15. The summed E-state index contributed by atoms with van der Waals surface area (Å²) in [6.07, 6.45) is 11.7. The smallest absolute Gasteiger partial charge is 0.220 e. The van der Waals surface area contributed by atoms with Gasteiger partial charge in [-0.1, -0.05) is 39.0 Å². The molecule has 2 aliphatic rings. The minimum atomic E-state index is 0.0975. The van der Waals surface area contributed by atoms with E-state index in [2.05, 4.69) is 12.2 Å². The van der Waals surface area contributed by atoms with E-state index in [1.54, 1.807) is 0 Å². The van der Waals surface area contributed by atoms with Crippen LogP contribution in [0.1, 0.15) is 71.1 Å². The lowest BCUT2D eigenvalue weighted by Crippen LogP contribution is -2.45. The molecular formula is C16H30N2O. The van der Waals surface area contributed by atoms with Crippen molar-refractivity contribution in [2.24, 2.45) is 17.1 Å². The van der Waals surface area contributed by atoms with Gasteiger partial charge in [0.1, 0.15) is 0 Å². The van der Waals surface area contributed by atoms with Gasteiger partial charge in [-0.15, -0.1) is 0 Å². The Morgan fingerprint density at radius 1 is 1.16 bits per heavy atom. The molecule has 3 nitrogen and oxygen atoms in total. The van der Waals surface area contributed by atoms with E-state index in [0.717, 1.165) is 19.3 Å². The Bertz CT molecular complexity index is 297. The normalized spacial score (nSPS) is 30.8. The van der Waals surface area contributed by atoms with Crippen LogP contribution < -0.4 is 11.1 Å². The van der Waals surface area contributed by atoms with Crippen LogP contribution in [0, 0.1) is 11.3 Å². The fourth-order valence-electron chi connectivity index (χ4n) is 3.88. The molecule has 2 unspecified atom stereocenters. The van der Waals surface area contributed by atoms with Gasteiger partial charge >= 0.3 is 0 Å². The molecule has 2 atom stereocenters. The molecule has 0 aromatic rings. The van der Waals surface area contributed by atoms with Crippen LogP contribution in [0.25, 0.3) is 0 Å². The quantitative estimate of drug-likeness (QED) is 0.822. The summed E-state index contributed by atoms with van der Waals surface area (Å²) in [7, 11) is 0. The Labute approximate surface area is 117 Å². The predicted octanol–water partition coefficient (Wildman–Crippen LogP) is 2.98. The first-order chi connectivity index (χ1) is 9.15. The van der Waals surface area contributed by atoms with Crippen LogP contribution in [-0.4, -0.2) is 18.5 Å². The summed E-state index contributed by atoms with van der Waals surface area (Å²) >= 11 is 0. The van der Waals surface area contributed by atoms with E-state index >= 15 is 0 Å². The first kappa shape index (κ1) is 14.8. The van der Waals surface area contributed by atoms with Gasteiger partial charge in [-0.25, -0.2) is 0 Å². The average Bonchev–Trinajstić information content (AvgIpc) is 2.42. The lowest BCUT2D eigenvalue weighted by molar-refractivity contribution is -0.125. The highest BCUT2D eigenvalue weighted by atomic mass is 16.1. The largest absolute Gasteiger partial charge is 0.353 e. The Morgan fingerprint density at radius 3 is 2.47 bits per heavy atom. The van der Waals surface area contributed by atoms with Gasteiger partial charge in [0.15, 0.2) is 0 Å². The van der Waals surface area contributed by atoms with Crippen molar-refractivity contribution in [3.05, 3.63) is 0 Å². The van der Waals surface area contributed by atoms with Crippen LogP contribution in [0.2, 0.25) is 0 Å². The van der Waals surface area contributed by atoms with Crippen molar-refractivity contribution in [2.75, 3.05) is 6.54 Å². The molecule has 3 heteroatoms. The Morgan fingerprint density at radius 2 is 1.84 bits per heavy atom. The molecule has 0 radical (unpaired) electrons. The minimum absolute atomic E-state index is 0.0975. The third kappa shape index (κ3) is 3.95. The standard InChI is InChI=1S/C16H30N2O/c1-13-7-3-4-8-14(13)18-15(19)11-16(12-17)9-5-2-6-10-16/h13-14H,2-12,17H2,1H3,(H,18,19). The van der Waals surface area contributed by atoms with Crippen LogP contribution >= 0.6 is 0 Å². The number of rotatable bonds is 4. The van der Waals surface area contributed by atoms with Crippen molar-refractivity contribution in [2.45, 2.75) is 77.2 Å². The molecule has 1 amide bonds. The molecule has 2 aliphatic carbocycles. The van der Waals surface area contributed by atoms with Crippen LogP contribution in [-0.2, 0) is 4.79 Å². The van der Waals surface area contributed by atoms with Gasteiger partial charge in [-0.05, 0) is 43.6 Å². The molecule has 0 spiro atoms. The summed E-state index contributed by atoms with van der Waals surface area (Å²) in [5, 5.41) is 3.28. The maximum Gasteiger partial charge on any atom is 0.220 e. The van der Waals surface area contributed by atoms with Gasteiger partial charge in [-0.2, -0.15) is 0 Å². The van der Waals surface area contributed by atoms with Gasteiger partial charge in [0.05, 0.1) is 0 Å². The van der Waals surface area contributed by atoms with Crippen LogP contribution in [0.15, 0.2) is 0 Å². The lowest BCUT2D eigenvalue weighted by atomic mass is 9.71. The number of nitrogens with two attached hydrogens (primary N) is 1. The Hall–Kier alpha value is -0.570. The van der Waals surface area contributed by atoms with Crippen molar-refractivity contribution >= 4 is 5.91 Å². The van der Waals surface area contributed by atoms with E-state index in [1.165, 1.54) is 38.5 Å². The third-order valence-electron chi connectivity index (χ3n) is 5.34. The molecule has 2 saturated carbocycles. The number of carbonyl (C=O) groups is 1. The summed E-state index contributed by atoms with van der Waals surface area (Å²) in [5.41, 5.74) is 6.06. The molecule has 3 N–H and O–H groups in total. The highest BCUT2D eigenvalue weighted by molar-refractivity contribution is 5.77. The lowest BCUT2D eigenvalue weighted by Gasteiger charge is -2.37. The predicted molar refractivity (Wildman–Crippen MR) is 78.8 cm³/mol. The fraction of sp³-hybridized carbons (Fsp3) is 0.938. The zero-order valence-electron chi connectivity index (χ0n) is 12.4. The summed E-state index contributed by atoms with van der Waals surface area (Å²) in [4.78, 5) is 12.3. The summed E-state index contributed by atoms with van der Waals surface area (Å²) in [6.45, 7) is 2.93. The summed E-state index contributed by atoms with van der Waals surface area (Å²) in [5.74, 6) is 0.879. The van der Waals surface area contributed by atoms with Crippen LogP contribution in [0.3, 0.4) is 0 Å². The molecule has 0 saturated heterocycles. The topological polar surface area (TPSA) is 55.1 Å². The second kappa shape index (κ2) is 6.74. The average molecular weight is 266 g/mol. The molecule has 0 heterocycles. The van der Waals surface area contributed by atoms with Crippen LogP contribution in [0.5, 0.6) is 0 Å². The van der Waals surface area contributed by atoms with Gasteiger partial charge in [-0.3, -0.25) is 4.79 Å². The monoisotopic (exact) mass is 266 g/mol. The van der Waals surface area contributed by atoms with E-state index in [0.29, 0.717) is 24.9 Å². The van der Waals surface area contributed by atoms with Crippen LogP contribution in [0.4, 0.5) is 0 Å². The van der Waals surface area contributed by atoms with E-state index in [-0.39, 0.29) is 11.3 Å². The van der Waals surface area contributed by atoms with Gasteiger partial charge in [0.25, 0.3) is 0 Å². The number of carbonyl (C=O) groups excluding carboxylic acids is 1. The molecule has 0 bridgehead atoms. The highest BCUT2D eigenvalue weighted by Crippen LogP contribution is 2.38. The van der Waals surface area contributed by atoms with Crippen molar-refractivity contribution in [1.82, 2.24) is 5.32 Å². The summed E-state index contributed by atoms with van der Waals surface area (Å²) < 4.78 is 0. The van der Waals surface area contributed by atoms with E-state index in [1.807, 2.05) is 0 Å². The molecule has 19 heavy (non-hydrogen) atoms. The van der Waals surface area contributed by atoms with Crippen molar-refractivity contribution < 1.29 is 4.79 Å². The number of nitrogens with one attached hydrogen (secondary N) is 1. The second-order valence-electron chi connectivity index (χ2n) is 6.88. The molecule has 0 aromatic carbocycles. The molecule has 2 fully saturated rings. The van der Waals surface area contributed by atoms with E-state index in [9.17, 15) is 4.79 Å². The van der Waals surface area contributed by atoms with Gasteiger partial charge in [0.2, 0.25) is 5.91 Å². The Kier molecular flexibility index (Phi) is 5.26. The number of hydrogen-bond donors (Lipinski definition) is 2. The van der Waals surface area contributed by atoms with Crippen molar-refractivity contribution in [1.29, 1.82) is 0 Å².